The highest BCUT2D eigenvalue weighted by Gasteiger charge is 2.31. The van der Waals surface area contributed by atoms with Gasteiger partial charge in [-0.25, -0.2) is 0 Å². The van der Waals surface area contributed by atoms with Crippen LogP contribution in [0.15, 0.2) is 35.7 Å². The second kappa shape index (κ2) is 7.23. The number of ether oxygens (including phenoxy) is 1. The van der Waals surface area contributed by atoms with Crippen molar-refractivity contribution in [2.45, 2.75) is 6.10 Å². The number of amides is 2. The molecule has 0 fully saturated rings. The zero-order valence-electron chi connectivity index (χ0n) is 13.5. The van der Waals surface area contributed by atoms with Crippen LogP contribution < -0.4 is 20.3 Å². The van der Waals surface area contributed by atoms with Crippen molar-refractivity contribution >= 4 is 33.8 Å². The lowest BCUT2D eigenvalue weighted by atomic mass is 10.1. The van der Waals surface area contributed by atoms with E-state index in [1.807, 2.05) is 24.3 Å². The van der Waals surface area contributed by atoms with Crippen LogP contribution in [-0.4, -0.2) is 38.1 Å². The summed E-state index contributed by atoms with van der Waals surface area (Å²) in [4.78, 5) is 26.2. The van der Waals surface area contributed by atoms with Crippen molar-refractivity contribution < 1.29 is 14.3 Å². The van der Waals surface area contributed by atoms with Gasteiger partial charge in [0.1, 0.15) is 16.8 Å². The summed E-state index contributed by atoms with van der Waals surface area (Å²) in [6.07, 6.45) is -0.691. The van der Waals surface area contributed by atoms with E-state index in [0.29, 0.717) is 16.3 Å². The molecule has 3 rings (SSSR count). The maximum Gasteiger partial charge on any atom is 0.262 e. The van der Waals surface area contributed by atoms with E-state index in [-0.39, 0.29) is 24.9 Å². The molecule has 0 spiro atoms. The van der Waals surface area contributed by atoms with Crippen LogP contribution in [0.1, 0.15) is 5.56 Å². The number of benzene rings is 1. The van der Waals surface area contributed by atoms with Crippen molar-refractivity contribution in [2.75, 3.05) is 30.4 Å². The fourth-order valence-corrected chi connectivity index (χ4v) is 3.34. The molecular weight excluding hydrogens is 340 g/mol. The molecule has 0 radical (unpaired) electrons. The number of nitrogens with one attached hydrogen (secondary N) is 2. The van der Waals surface area contributed by atoms with Crippen LogP contribution in [0.2, 0.25) is 0 Å². The summed E-state index contributed by atoms with van der Waals surface area (Å²) in [5.41, 5.74) is 1.19. The standard InChI is InChI=1S/C17H16N4O3S/c1-19-16(23)14-9-21(12-4-2-3-5-13(12)24-14)10-15(22)20-17-11(8-18)6-7-25-17/h2-7,14H,9-10H2,1H3,(H,19,23)(H,20,22)/t14-/m1/s1. The van der Waals surface area contributed by atoms with Crippen molar-refractivity contribution in [1.29, 1.82) is 5.26 Å². The molecule has 0 aliphatic carbocycles. The summed E-state index contributed by atoms with van der Waals surface area (Å²) < 4.78 is 5.71. The summed E-state index contributed by atoms with van der Waals surface area (Å²) in [6.45, 7) is 0.316. The lowest BCUT2D eigenvalue weighted by Gasteiger charge is -2.34. The van der Waals surface area contributed by atoms with Crippen molar-refractivity contribution in [2.24, 2.45) is 0 Å². The van der Waals surface area contributed by atoms with Crippen LogP contribution in [0.3, 0.4) is 0 Å². The number of nitrogens with zero attached hydrogens (tertiary/aromatic N) is 2. The number of carbonyl (C=O) groups excluding carboxylic acids is 2. The van der Waals surface area contributed by atoms with Crippen molar-refractivity contribution in [1.82, 2.24) is 5.32 Å². The van der Waals surface area contributed by atoms with Crippen LogP contribution in [-0.2, 0) is 9.59 Å². The Hall–Kier alpha value is -3.05. The first-order valence-corrected chi connectivity index (χ1v) is 8.50. The molecule has 7 nitrogen and oxygen atoms in total. The second-order valence-electron chi connectivity index (χ2n) is 5.39. The highest BCUT2D eigenvalue weighted by molar-refractivity contribution is 7.14. The molecule has 1 aromatic heterocycles. The average Bonchev–Trinajstić information content (AvgIpc) is 3.07. The van der Waals surface area contributed by atoms with Gasteiger partial charge >= 0.3 is 0 Å². The van der Waals surface area contributed by atoms with Gasteiger partial charge in [0.15, 0.2) is 6.10 Å². The third kappa shape index (κ3) is 3.56. The molecule has 1 aliphatic rings. The lowest BCUT2D eigenvalue weighted by molar-refractivity contribution is -0.127. The van der Waals surface area contributed by atoms with Gasteiger partial charge in [-0.3, -0.25) is 9.59 Å². The Kier molecular flexibility index (Phi) is 4.86. The van der Waals surface area contributed by atoms with E-state index in [1.54, 1.807) is 29.5 Å². The van der Waals surface area contributed by atoms with Crippen LogP contribution in [0.4, 0.5) is 10.7 Å². The predicted molar refractivity (Wildman–Crippen MR) is 94.8 cm³/mol. The predicted octanol–water partition coefficient (Wildman–Crippen LogP) is 1.57. The molecule has 2 heterocycles. The van der Waals surface area contributed by atoms with E-state index in [1.165, 1.54) is 11.3 Å². The van der Waals surface area contributed by atoms with Gasteiger partial charge in [-0.1, -0.05) is 12.1 Å². The van der Waals surface area contributed by atoms with E-state index in [9.17, 15) is 9.59 Å². The summed E-state index contributed by atoms with van der Waals surface area (Å²) in [5, 5.41) is 16.6. The van der Waals surface area contributed by atoms with Gasteiger partial charge in [-0.2, -0.15) is 5.26 Å². The van der Waals surface area contributed by atoms with Gasteiger partial charge in [0.2, 0.25) is 5.91 Å². The SMILES string of the molecule is CNC(=O)[C@H]1CN(CC(=O)Nc2sccc2C#N)c2ccccc2O1. The molecule has 0 saturated carbocycles. The number of anilines is 2. The Balaban J connectivity index is 1.77. The minimum Gasteiger partial charge on any atom is -0.477 e. The minimum atomic E-state index is -0.691. The molecule has 0 saturated heterocycles. The van der Waals surface area contributed by atoms with E-state index in [2.05, 4.69) is 10.6 Å². The van der Waals surface area contributed by atoms with Gasteiger partial charge in [0, 0.05) is 7.05 Å². The topological polar surface area (TPSA) is 94.5 Å². The second-order valence-corrected chi connectivity index (χ2v) is 6.31. The first-order valence-electron chi connectivity index (χ1n) is 7.62. The number of hydrogen-bond acceptors (Lipinski definition) is 6. The fraction of sp³-hybridized carbons (Fsp3) is 0.235. The summed E-state index contributed by atoms with van der Waals surface area (Å²) in [6, 6.07) is 11.0. The third-order valence-electron chi connectivity index (χ3n) is 3.77. The smallest absolute Gasteiger partial charge is 0.262 e. The van der Waals surface area contributed by atoms with Crippen LogP contribution in [0.5, 0.6) is 5.75 Å². The molecule has 8 heteroatoms. The molecule has 25 heavy (non-hydrogen) atoms. The first-order chi connectivity index (χ1) is 12.1. The molecular formula is C17H16N4O3S. The largest absolute Gasteiger partial charge is 0.477 e. The summed E-state index contributed by atoms with van der Waals surface area (Å²) in [5.74, 6) is 0.0558. The monoisotopic (exact) mass is 356 g/mol. The normalized spacial score (nSPS) is 15.5. The van der Waals surface area contributed by atoms with Crippen LogP contribution in [0.25, 0.3) is 0 Å². The lowest BCUT2D eigenvalue weighted by Crippen LogP contribution is -2.50. The minimum absolute atomic E-state index is 0.0522. The van der Waals surface area contributed by atoms with Crippen LogP contribution >= 0.6 is 11.3 Å². The highest BCUT2D eigenvalue weighted by Crippen LogP contribution is 2.33. The van der Waals surface area contributed by atoms with Crippen LogP contribution in [0, 0.1) is 11.3 Å². The number of likely N-dealkylation sites (N-methyl/N-ethyl adjacent to an activating group) is 1. The Labute approximate surface area is 148 Å². The van der Waals surface area contributed by atoms with E-state index < -0.39 is 6.10 Å². The highest BCUT2D eigenvalue weighted by atomic mass is 32.1. The van der Waals surface area contributed by atoms with Gasteiger partial charge < -0.3 is 20.3 Å². The number of rotatable bonds is 4. The third-order valence-corrected chi connectivity index (χ3v) is 4.60. The quantitative estimate of drug-likeness (QED) is 0.867. The summed E-state index contributed by atoms with van der Waals surface area (Å²) >= 11 is 1.30. The number of para-hydroxylation sites is 2. The molecule has 1 aliphatic heterocycles. The zero-order chi connectivity index (χ0) is 17.8. The van der Waals surface area contributed by atoms with E-state index in [4.69, 9.17) is 10.00 Å². The zero-order valence-corrected chi connectivity index (χ0v) is 14.3. The molecule has 0 bridgehead atoms. The van der Waals surface area contributed by atoms with Gasteiger partial charge in [0.25, 0.3) is 5.91 Å². The number of carbonyl (C=O) groups is 2. The average molecular weight is 356 g/mol. The molecule has 128 valence electrons. The maximum absolute atomic E-state index is 12.4. The number of nitriles is 1. The number of thiophene rings is 1. The number of fused-ring (bicyclic) bond motifs is 1. The Morgan fingerprint density at radius 3 is 2.96 bits per heavy atom. The molecule has 0 unspecified atom stereocenters. The molecule has 2 aromatic rings. The summed E-state index contributed by atoms with van der Waals surface area (Å²) in [7, 11) is 1.55. The number of hydrogen-bond donors (Lipinski definition) is 2. The van der Waals surface area contributed by atoms with E-state index >= 15 is 0 Å². The molecule has 2 N–H and O–H groups in total. The molecule has 1 aromatic carbocycles. The Bertz CT molecular complexity index is 842. The van der Waals surface area contributed by atoms with E-state index in [0.717, 1.165) is 5.69 Å². The van der Waals surface area contributed by atoms with Gasteiger partial charge in [-0.05, 0) is 23.6 Å². The fourth-order valence-electron chi connectivity index (χ4n) is 2.59. The Morgan fingerprint density at radius 1 is 1.40 bits per heavy atom. The van der Waals surface area contributed by atoms with Crippen molar-refractivity contribution in [3.63, 3.8) is 0 Å². The first kappa shape index (κ1) is 16.8. The molecule has 1 atom stereocenters. The maximum atomic E-state index is 12.4. The van der Waals surface area contributed by atoms with Crippen molar-refractivity contribution in [3.8, 4) is 11.8 Å². The molecule has 2 amide bonds. The van der Waals surface area contributed by atoms with Crippen molar-refractivity contribution in [3.05, 3.63) is 41.3 Å². The Morgan fingerprint density at radius 2 is 2.20 bits per heavy atom. The van der Waals surface area contributed by atoms with Gasteiger partial charge in [0.05, 0.1) is 24.3 Å². The van der Waals surface area contributed by atoms with Gasteiger partial charge in [-0.15, -0.1) is 11.3 Å².